The van der Waals surface area contributed by atoms with Crippen LogP contribution in [-0.4, -0.2) is 53.6 Å². The van der Waals surface area contributed by atoms with Gasteiger partial charge in [-0.3, -0.25) is 9.78 Å². The number of aromatic nitrogens is 1. The van der Waals surface area contributed by atoms with E-state index in [1.807, 2.05) is 12.1 Å². The molecule has 1 aromatic carbocycles. The molecule has 0 fully saturated rings. The van der Waals surface area contributed by atoms with Gasteiger partial charge in [0, 0.05) is 38.0 Å². The summed E-state index contributed by atoms with van der Waals surface area (Å²) in [6.07, 6.45) is 4.48. The molecule has 0 aliphatic carbocycles. The second-order valence-corrected chi connectivity index (χ2v) is 9.98. The molecule has 8 heteroatoms. The lowest BCUT2D eigenvalue weighted by molar-refractivity contribution is -0.132. The van der Waals surface area contributed by atoms with Crippen molar-refractivity contribution in [3.05, 3.63) is 71.6 Å². The van der Waals surface area contributed by atoms with Crippen molar-refractivity contribution in [2.75, 3.05) is 13.6 Å². The highest BCUT2D eigenvalue weighted by Gasteiger charge is 2.43. The maximum atomic E-state index is 13.1. The maximum Gasteiger partial charge on any atom is 0.328 e. The normalized spacial score (nSPS) is 12.1. The van der Waals surface area contributed by atoms with Gasteiger partial charge in [0.1, 0.15) is 4.75 Å². The minimum atomic E-state index is -3.89. The van der Waals surface area contributed by atoms with E-state index in [0.717, 1.165) is 11.8 Å². The first kappa shape index (κ1) is 23.3. The van der Waals surface area contributed by atoms with E-state index in [2.05, 4.69) is 4.98 Å². The van der Waals surface area contributed by atoms with E-state index in [9.17, 15) is 18.0 Å². The first-order chi connectivity index (χ1) is 14.0. The highest BCUT2D eigenvalue weighted by molar-refractivity contribution is 7.92. The second-order valence-electron chi connectivity index (χ2n) is 7.44. The van der Waals surface area contributed by atoms with Crippen molar-refractivity contribution < 1.29 is 23.1 Å². The third-order valence-corrected chi connectivity index (χ3v) is 7.30. The van der Waals surface area contributed by atoms with Crippen molar-refractivity contribution in [1.29, 1.82) is 0 Å². The number of carboxylic acid groups (broad SMARTS) is 1. The maximum absolute atomic E-state index is 13.1. The number of nitrogens with zero attached hydrogens (tertiary/aromatic N) is 2. The summed E-state index contributed by atoms with van der Waals surface area (Å²) in [7, 11) is -2.31. The van der Waals surface area contributed by atoms with Crippen LogP contribution in [0.2, 0.25) is 0 Å². The number of hydrogen-bond donors (Lipinski definition) is 1. The molecule has 0 bridgehead atoms. The summed E-state index contributed by atoms with van der Waals surface area (Å²) in [4.78, 5) is 29.4. The Labute approximate surface area is 177 Å². The third-order valence-electron chi connectivity index (χ3n) is 4.87. The van der Waals surface area contributed by atoms with E-state index in [-0.39, 0.29) is 5.75 Å². The van der Waals surface area contributed by atoms with Gasteiger partial charge in [-0.15, -0.1) is 0 Å². The monoisotopic (exact) mass is 430 g/mol. The standard InChI is InChI=1S/C22H26N2O5S/c1-22(2,21(27)24(3)15-13-19-10-6-7-14-23-19)30(28,29)16-18-9-5-4-8-17(18)11-12-20(25)26/h4-12,14H,13,15-16H2,1-3H3,(H,25,26)/b12-11+. The number of likely N-dealkylation sites (N-methyl/N-ethyl adjacent to an activating group) is 1. The first-order valence-electron chi connectivity index (χ1n) is 9.41. The summed E-state index contributed by atoms with van der Waals surface area (Å²) < 4.78 is 24.6. The lowest BCUT2D eigenvalue weighted by atomic mass is 10.1. The molecule has 0 unspecified atom stereocenters. The van der Waals surface area contributed by atoms with Gasteiger partial charge in [0.25, 0.3) is 0 Å². The van der Waals surface area contributed by atoms with Gasteiger partial charge >= 0.3 is 5.97 Å². The molecule has 2 rings (SSSR count). The predicted molar refractivity (Wildman–Crippen MR) is 115 cm³/mol. The van der Waals surface area contributed by atoms with Gasteiger partial charge in [-0.2, -0.15) is 0 Å². The Balaban J connectivity index is 2.17. The number of sulfone groups is 1. The number of carbonyl (C=O) groups excluding carboxylic acids is 1. The van der Waals surface area contributed by atoms with Crippen LogP contribution in [0.15, 0.2) is 54.7 Å². The van der Waals surface area contributed by atoms with Crippen molar-refractivity contribution in [2.24, 2.45) is 0 Å². The van der Waals surface area contributed by atoms with E-state index in [4.69, 9.17) is 5.11 Å². The quantitative estimate of drug-likeness (QED) is 0.613. The van der Waals surface area contributed by atoms with Crippen molar-refractivity contribution in [3.63, 3.8) is 0 Å². The molecule has 160 valence electrons. The Morgan fingerprint density at radius 2 is 1.80 bits per heavy atom. The van der Waals surface area contributed by atoms with Gasteiger partial charge in [0.05, 0.1) is 5.75 Å². The van der Waals surface area contributed by atoms with E-state index in [0.29, 0.717) is 24.1 Å². The summed E-state index contributed by atoms with van der Waals surface area (Å²) in [5.41, 5.74) is 1.74. The zero-order chi connectivity index (χ0) is 22.4. The predicted octanol–water partition coefficient (Wildman–Crippen LogP) is 2.57. The van der Waals surface area contributed by atoms with Crippen LogP contribution in [0.4, 0.5) is 0 Å². The number of carbonyl (C=O) groups is 2. The lowest BCUT2D eigenvalue weighted by Crippen LogP contribution is -2.49. The molecule has 0 atom stereocenters. The van der Waals surface area contributed by atoms with Gasteiger partial charge < -0.3 is 10.0 Å². The molecule has 0 saturated carbocycles. The summed E-state index contributed by atoms with van der Waals surface area (Å²) in [5.74, 6) is -2.00. The zero-order valence-corrected chi connectivity index (χ0v) is 18.1. The number of carboxylic acids is 1. The van der Waals surface area contributed by atoms with Crippen LogP contribution in [0.1, 0.15) is 30.7 Å². The Hall–Kier alpha value is -3.00. The van der Waals surface area contributed by atoms with Crippen LogP contribution in [0.5, 0.6) is 0 Å². The highest BCUT2D eigenvalue weighted by atomic mass is 32.2. The Morgan fingerprint density at radius 1 is 1.13 bits per heavy atom. The van der Waals surface area contributed by atoms with E-state index in [1.165, 1.54) is 24.8 Å². The minimum absolute atomic E-state index is 0.340. The average Bonchev–Trinajstić information content (AvgIpc) is 2.71. The molecule has 1 heterocycles. The fourth-order valence-corrected chi connectivity index (χ4v) is 4.35. The van der Waals surface area contributed by atoms with Crippen LogP contribution in [0, 0.1) is 0 Å². The molecule has 30 heavy (non-hydrogen) atoms. The Kier molecular flexibility index (Phi) is 7.50. The average molecular weight is 431 g/mol. The molecule has 0 radical (unpaired) electrons. The molecule has 2 aromatic rings. The van der Waals surface area contributed by atoms with Gasteiger partial charge in [-0.25, -0.2) is 13.2 Å². The molecule has 0 saturated heterocycles. The Morgan fingerprint density at radius 3 is 2.43 bits per heavy atom. The third kappa shape index (κ3) is 5.76. The molecule has 1 aromatic heterocycles. The highest BCUT2D eigenvalue weighted by Crippen LogP contribution is 2.25. The molecule has 0 aliphatic rings. The Bertz CT molecular complexity index is 1030. The zero-order valence-electron chi connectivity index (χ0n) is 17.3. The molecule has 0 aliphatic heterocycles. The molecular formula is C22H26N2O5S. The summed E-state index contributed by atoms with van der Waals surface area (Å²) in [6.45, 7) is 3.14. The number of rotatable bonds is 9. The first-order valence-corrected chi connectivity index (χ1v) is 11.1. The SMILES string of the molecule is CN(CCc1ccccn1)C(=O)C(C)(C)S(=O)(=O)Cc1ccccc1/C=C/C(=O)O. The van der Waals surface area contributed by atoms with Crippen LogP contribution >= 0.6 is 0 Å². The van der Waals surface area contributed by atoms with Crippen molar-refractivity contribution in [1.82, 2.24) is 9.88 Å². The molecule has 1 N–H and O–H groups in total. The molecule has 0 spiro atoms. The van der Waals surface area contributed by atoms with Crippen LogP contribution in [0.3, 0.4) is 0 Å². The number of amides is 1. The number of pyridine rings is 1. The van der Waals surface area contributed by atoms with Gasteiger partial charge in [0.2, 0.25) is 5.91 Å². The smallest absolute Gasteiger partial charge is 0.328 e. The van der Waals surface area contributed by atoms with Crippen LogP contribution < -0.4 is 0 Å². The minimum Gasteiger partial charge on any atom is -0.478 e. The number of hydrogen-bond acceptors (Lipinski definition) is 5. The van der Waals surface area contributed by atoms with E-state index >= 15 is 0 Å². The second kappa shape index (κ2) is 9.67. The largest absolute Gasteiger partial charge is 0.478 e. The van der Waals surface area contributed by atoms with Crippen molar-refractivity contribution in [3.8, 4) is 0 Å². The van der Waals surface area contributed by atoms with Gasteiger partial charge in [0.15, 0.2) is 9.84 Å². The topological polar surface area (TPSA) is 105 Å². The molecule has 1 amide bonds. The van der Waals surface area contributed by atoms with Crippen molar-refractivity contribution in [2.45, 2.75) is 30.8 Å². The summed E-state index contributed by atoms with van der Waals surface area (Å²) >= 11 is 0. The fourth-order valence-electron chi connectivity index (χ4n) is 2.90. The van der Waals surface area contributed by atoms with Crippen molar-refractivity contribution >= 4 is 27.8 Å². The van der Waals surface area contributed by atoms with E-state index < -0.39 is 26.5 Å². The number of benzene rings is 1. The fraction of sp³-hybridized carbons (Fsp3) is 0.318. The molecule has 7 nitrogen and oxygen atoms in total. The van der Waals surface area contributed by atoms with Gasteiger partial charge in [-0.1, -0.05) is 30.3 Å². The summed E-state index contributed by atoms with van der Waals surface area (Å²) in [5, 5.41) is 8.83. The number of aliphatic carboxylic acids is 1. The van der Waals surface area contributed by atoms with Crippen LogP contribution in [0.25, 0.3) is 6.08 Å². The van der Waals surface area contributed by atoms with Crippen LogP contribution in [-0.2, 0) is 31.6 Å². The molecular weight excluding hydrogens is 404 g/mol. The summed E-state index contributed by atoms with van der Waals surface area (Å²) in [6, 6.07) is 12.1. The van der Waals surface area contributed by atoms with E-state index in [1.54, 1.807) is 43.6 Å². The van der Waals surface area contributed by atoms with Gasteiger partial charge in [-0.05, 0) is 43.2 Å². The lowest BCUT2D eigenvalue weighted by Gasteiger charge is -2.29.